The van der Waals surface area contributed by atoms with Gasteiger partial charge in [0.05, 0.1) is 0 Å². The Hall–Kier alpha value is -1.88. The van der Waals surface area contributed by atoms with E-state index in [1.165, 1.54) is 18.5 Å². The van der Waals surface area contributed by atoms with E-state index in [2.05, 4.69) is 42.7 Å². The molecule has 162 valence electrons. The highest BCUT2D eigenvalue weighted by Crippen LogP contribution is 2.52. The fraction of sp³-hybridized carbons (Fsp3) is 0.680. The summed E-state index contributed by atoms with van der Waals surface area (Å²) in [5.74, 6) is 1.14. The summed E-state index contributed by atoms with van der Waals surface area (Å²) in [4.78, 5) is 29.7. The van der Waals surface area contributed by atoms with E-state index in [0.717, 1.165) is 45.6 Å². The summed E-state index contributed by atoms with van der Waals surface area (Å²) in [6, 6.07) is 6.07. The molecule has 3 fully saturated rings. The van der Waals surface area contributed by atoms with Crippen molar-refractivity contribution in [3.8, 4) is 0 Å². The van der Waals surface area contributed by atoms with E-state index in [-0.39, 0.29) is 16.9 Å². The van der Waals surface area contributed by atoms with Gasteiger partial charge in [-0.25, -0.2) is 0 Å². The van der Waals surface area contributed by atoms with Gasteiger partial charge in [-0.2, -0.15) is 0 Å². The van der Waals surface area contributed by atoms with Crippen LogP contribution in [-0.4, -0.2) is 52.5 Å². The number of pyridine rings is 1. The maximum Gasteiger partial charge on any atom is 0.250 e. The lowest BCUT2D eigenvalue weighted by Gasteiger charge is -2.42. The first-order valence-electron chi connectivity index (χ1n) is 11.6. The zero-order chi connectivity index (χ0) is 21.1. The molecule has 1 saturated carbocycles. The van der Waals surface area contributed by atoms with Gasteiger partial charge >= 0.3 is 0 Å². The van der Waals surface area contributed by atoms with E-state index in [9.17, 15) is 9.59 Å². The van der Waals surface area contributed by atoms with Gasteiger partial charge in [0.2, 0.25) is 5.91 Å². The first-order chi connectivity index (χ1) is 14.2. The van der Waals surface area contributed by atoms with Crippen molar-refractivity contribution in [3.63, 3.8) is 0 Å². The minimum absolute atomic E-state index is 0.133. The van der Waals surface area contributed by atoms with Crippen LogP contribution in [0.25, 0.3) is 0 Å². The van der Waals surface area contributed by atoms with Crippen molar-refractivity contribution in [2.75, 3.05) is 26.2 Å². The minimum Gasteiger partial charge on any atom is -0.336 e. The SMILES string of the molecule is CC1(C)CC2CC(C)(CN2C(=O)C=CCN2CC3CC(C2)c2cccc(=O)n2C3)C1. The highest BCUT2D eigenvalue weighted by molar-refractivity contribution is 5.88. The molecule has 30 heavy (non-hydrogen) atoms. The zero-order valence-corrected chi connectivity index (χ0v) is 18.6. The van der Waals surface area contributed by atoms with Crippen molar-refractivity contribution < 1.29 is 4.79 Å². The quantitative estimate of drug-likeness (QED) is 0.720. The predicted octanol–water partition coefficient (Wildman–Crippen LogP) is 3.25. The maximum absolute atomic E-state index is 13.0. The van der Waals surface area contributed by atoms with Crippen LogP contribution in [0.1, 0.15) is 58.1 Å². The molecule has 0 N–H and O–H groups in total. The molecule has 4 heterocycles. The Bertz CT molecular complexity index is 933. The van der Waals surface area contributed by atoms with Crippen LogP contribution in [0.5, 0.6) is 0 Å². The summed E-state index contributed by atoms with van der Waals surface area (Å²) in [6.07, 6.45) is 8.55. The number of likely N-dealkylation sites (tertiary alicyclic amines) is 2. The van der Waals surface area contributed by atoms with Crippen LogP contribution < -0.4 is 5.56 Å². The third-order valence-corrected chi connectivity index (χ3v) is 7.88. The van der Waals surface area contributed by atoms with Gasteiger partial charge in [-0.15, -0.1) is 0 Å². The lowest BCUT2D eigenvalue weighted by Crippen LogP contribution is -2.47. The normalized spacial score (nSPS) is 34.9. The molecular formula is C25H35N3O2. The Morgan fingerprint density at radius 3 is 2.83 bits per heavy atom. The Morgan fingerprint density at radius 1 is 1.17 bits per heavy atom. The molecule has 0 aromatic carbocycles. The van der Waals surface area contributed by atoms with E-state index in [0.29, 0.717) is 23.3 Å². The van der Waals surface area contributed by atoms with E-state index in [1.807, 2.05) is 16.7 Å². The molecule has 4 unspecified atom stereocenters. The second-order valence-corrected chi connectivity index (χ2v) is 11.5. The number of carbonyl (C=O) groups is 1. The van der Waals surface area contributed by atoms with Crippen LogP contribution in [0.2, 0.25) is 0 Å². The van der Waals surface area contributed by atoms with E-state index in [4.69, 9.17) is 0 Å². The highest BCUT2D eigenvalue weighted by Gasteiger charge is 2.50. The number of carbonyl (C=O) groups excluding carboxylic acids is 1. The number of nitrogens with zero attached hydrogens (tertiary/aromatic N) is 3. The molecule has 1 amide bonds. The van der Waals surface area contributed by atoms with Crippen LogP contribution in [0.4, 0.5) is 0 Å². The molecule has 0 radical (unpaired) electrons. The molecule has 3 aliphatic heterocycles. The second kappa shape index (κ2) is 7.08. The molecule has 4 bridgehead atoms. The Balaban J connectivity index is 1.21. The molecule has 5 nitrogen and oxygen atoms in total. The maximum atomic E-state index is 13.0. The van der Waals surface area contributed by atoms with Gasteiger partial charge in [-0.3, -0.25) is 14.5 Å². The summed E-state index contributed by atoms with van der Waals surface area (Å²) in [5.41, 5.74) is 1.93. The molecule has 1 aromatic heterocycles. The summed E-state index contributed by atoms with van der Waals surface area (Å²) in [6.45, 7) is 11.6. The molecule has 4 aliphatic rings. The topological polar surface area (TPSA) is 45.6 Å². The number of piperidine rings is 1. The predicted molar refractivity (Wildman–Crippen MR) is 118 cm³/mol. The molecule has 4 atom stereocenters. The number of amides is 1. The fourth-order valence-electron chi connectivity index (χ4n) is 7.26. The van der Waals surface area contributed by atoms with Crippen molar-refractivity contribution in [1.29, 1.82) is 0 Å². The lowest BCUT2D eigenvalue weighted by molar-refractivity contribution is -0.127. The molecular weight excluding hydrogens is 374 g/mol. The molecule has 0 spiro atoms. The largest absolute Gasteiger partial charge is 0.336 e. The highest BCUT2D eigenvalue weighted by atomic mass is 16.2. The number of aromatic nitrogens is 1. The van der Waals surface area contributed by atoms with E-state index in [1.54, 1.807) is 6.07 Å². The Morgan fingerprint density at radius 2 is 2.00 bits per heavy atom. The third-order valence-electron chi connectivity index (χ3n) is 7.88. The van der Waals surface area contributed by atoms with Crippen LogP contribution in [-0.2, 0) is 11.3 Å². The van der Waals surface area contributed by atoms with Gasteiger partial charge in [0.1, 0.15) is 0 Å². The number of hydrogen-bond donors (Lipinski definition) is 0. The number of hydrogen-bond acceptors (Lipinski definition) is 3. The van der Waals surface area contributed by atoms with Crippen molar-refractivity contribution in [2.24, 2.45) is 16.7 Å². The average molecular weight is 410 g/mol. The zero-order valence-electron chi connectivity index (χ0n) is 18.6. The number of rotatable bonds is 3. The van der Waals surface area contributed by atoms with Crippen LogP contribution in [0, 0.1) is 16.7 Å². The summed E-state index contributed by atoms with van der Waals surface area (Å²) in [5, 5.41) is 0. The lowest BCUT2D eigenvalue weighted by atomic mass is 9.65. The summed E-state index contributed by atoms with van der Waals surface area (Å²) < 4.78 is 1.98. The van der Waals surface area contributed by atoms with Crippen LogP contribution in [0.15, 0.2) is 35.1 Å². The summed E-state index contributed by atoms with van der Waals surface area (Å²) >= 11 is 0. The van der Waals surface area contributed by atoms with Crippen molar-refractivity contribution in [1.82, 2.24) is 14.4 Å². The fourth-order valence-corrected chi connectivity index (χ4v) is 7.26. The Kier molecular flexibility index (Phi) is 4.73. The molecule has 1 aliphatic carbocycles. The smallest absolute Gasteiger partial charge is 0.250 e. The van der Waals surface area contributed by atoms with Gasteiger partial charge in [-0.05, 0) is 48.5 Å². The molecule has 1 aromatic rings. The van der Waals surface area contributed by atoms with Gasteiger partial charge in [0, 0.05) is 62.5 Å². The first kappa shape index (κ1) is 20.0. The van der Waals surface area contributed by atoms with Gasteiger partial charge in [0.25, 0.3) is 5.56 Å². The monoisotopic (exact) mass is 409 g/mol. The minimum atomic E-state index is 0.133. The molecule has 2 saturated heterocycles. The van der Waals surface area contributed by atoms with Gasteiger partial charge in [0.15, 0.2) is 0 Å². The average Bonchev–Trinajstić information content (AvgIpc) is 2.91. The first-order valence-corrected chi connectivity index (χ1v) is 11.6. The van der Waals surface area contributed by atoms with Crippen molar-refractivity contribution >= 4 is 5.91 Å². The molecule has 5 rings (SSSR count). The van der Waals surface area contributed by atoms with Crippen molar-refractivity contribution in [3.05, 3.63) is 46.4 Å². The van der Waals surface area contributed by atoms with Crippen LogP contribution in [0.3, 0.4) is 0 Å². The van der Waals surface area contributed by atoms with E-state index < -0.39 is 0 Å². The number of fused-ring (bicyclic) bond motifs is 6. The molecule has 5 heteroatoms. The third kappa shape index (κ3) is 3.66. The van der Waals surface area contributed by atoms with Crippen LogP contribution >= 0.6 is 0 Å². The second-order valence-electron chi connectivity index (χ2n) is 11.5. The van der Waals surface area contributed by atoms with E-state index >= 15 is 0 Å². The van der Waals surface area contributed by atoms with Crippen molar-refractivity contribution in [2.45, 2.75) is 65.0 Å². The van der Waals surface area contributed by atoms with Gasteiger partial charge < -0.3 is 9.47 Å². The van der Waals surface area contributed by atoms with Gasteiger partial charge in [-0.1, -0.05) is 32.9 Å². The Labute approximate surface area is 179 Å². The summed E-state index contributed by atoms with van der Waals surface area (Å²) in [7, 11) is 0. The standard InChI is InChI=1S/C25H35N3O2/c1-24(2)11-20-12-25(3,16-24)17-28(20)23(30)8-5-9-26-13-18-10-19(15-26)21-6-4-7-22(29)27(21)14-18/h4-8,18-20H,9-17H2,1-3H3.